The first kappa shape index (κ1) is 24.6. The number of carbonyl (C=O) groups excluding carboxylic acids is 2. The number of hydrogen-bond acceptors (Lipinski definition) is 4. The van der Waals surface area contributed by atoms with E-state index < -0.39 is 45.3 Å². The molecular formula is C21H21F4N3O4S. The van der Waals surface area contributed by atoms with Crippen molar-refractivity contribution in [3.63, 3.8) is 0 Å². The minimum absolute atomic E-state index is 0.0908. The molecule has 1 aliphatic rings. The molecule has 0 radical (unpaired) electrons. The van der Waals surface area contributed by atoms with Gasteiger partial charge in [0.2, 0.25) is 10.0 Å². The summed E-state index contributed by atoms with van der Waals surface area (Å²) in [5, 5.41) is 4.09. The molecule has 0 spiro atoms. The van der Waals surface area contributed by atoms with Crippen LogP contribution in [-0.2, 0) is 10.0 Å². The van der Waals surface area contributed by atoms with Gasteiger partial charge in [-0.25, -0.2) is 12.8 Å². The molecule has 0 atom stereocenters. The predicted octanol–water partition coefficient (Wildman–Crippen LogP) is 3.54. The van der Waals surface area contributed by atoms with E-state index in [-0.39, 0.29) is 29.9 Å². The summed E-state index contributed by atoms with van der Waals surface area (Å²) in [6.45, 7) is -1.05. The summed E-state index contributed by atoms with van der Waals surface area (Å²) in [7, 11) is -4.16. The Balaban J connectivity index is 1.83. The zero-order chi connectivity index (χ0) is 24.2. The number of carbonyl (C=O) groups is 2. The molecule has 2 N–H and O–H groups in total. The lowest BCUT2D eigenvalue weighted by molar-refractivity contribution is -0.123. The second kappa shape index (κ2) is 9.87. The van der Waals surface area contributed by atoms with Crippen molar-refractivity contribution in [3.05, 3.63) is 59.4 Å². The molecule has 1 aliphatic heterocycles. The first-order valence-corrected chi connectivity index (χ1v) is 11.5. The number of para-hydroxylation sites is 1. The Morgan fingerprint density at radius 2 is 1.64 bits per heavy atom. The number of halogens is 4. The van der Waals surface area contributed by atoms with Crippen LogP contribution in [0, 0.1) is 5.82 Å². The van der Waals surface area contributed by atoms with Gasteiger partial charge >= 0.3 is 6.18 Å². The summed E-state index contributed by atoms with van der Waals surface area (Å²) in [5.74, 6) is -2.93. The van der Waals surface area contributed by atoms with E-state index in [1.54, 1.807) is 5.32 Å². The van der Waals surface area contributed by atoms with Gasteiger partial charge in [-0.1, -0.05) is 18.6 Å². The second-order valence-electron chi connectivity index (χ2n) is 7.41. The molecule has 33 heavy (non-hydrogen) atoms. The SMILES string of the molecule is O=C(Nc1ccccc1C(=O)NCC(F)(F)F)c1ccc(F)c(S(=O)(=O)N2CCCCC2)c1. The molecule has 1 heterocycles. The number of benzene rings is 2. The molecular weight excluding hydrogens is 466 g/mol. The molecule has 3 rings (SSSR count). The van der Waals surface area contributed by atoms with Crippen molar-refractivity contribution in [2.45, 2.75) is 30.3 Å². The number of rotatable bonds is 6. The Morgan fingerprint density at radius 3 is 2.30 bits per heavy atom. The number of anilines is 1. The summed E-state index contributed by atoms with van der Waals surface area (Å²) in [6.07, 6.45) is -2.45. The normalized spacial score (nSPS) is 15.2. The molecule has 0 unspecified atom stereocenters. The first-order valence-electron chi connectivity index (χ1n) is 10.0. The molecule has 0 saturated carbocycles. The van der Waals surface area contributed by atoms with E-state index in [2.05, 4.69) is 5.32 Å². The molecule has 12 heteroatoms. The van der Waals surface area contributed by atoms with Gasteiger partial charge in [0.05, 0.1) is 11.3 Å². The number of amides is 2. The number of nitrogens with one attached hydrogen (secondary N) is 2. The summed E-state index contributed by atoms with van der Waals surface area (Å²) < 4.78 is 78.4. The van der Waals surface area contributed by atoms with Crippen molar-refractivity contribution in [1.82, 2.24) is 9.62 Å². The standard InChI is InChI=1S/C21H21F4N3O4S/c22-16-9-8-14(12-18(16)33(31,32)28-10-4-1-5-11-28)19(29)27-17-7-3-2-6-15(17)20(30)26-13-21(23,24)25/h2-3,6-9,12H,1,4-5,10-11,13H2,(H,26,30)(H,27,29). The van der Waals surface area contributed by atoms with Crippen LogP contribution >= 0.6 is 0 Å². The number of hydrogen-bond donors (Lipinski definition) is 2. The van der Waals surface area contributed by atoms with Crippen molar-refractivity contribution in [1.29, 1.82) is 0 Å². The molecule has 0 bridgehead atoms. The Morgan fingerprint density at radius 1 is 0.970 bits per heavy atom. The fourth-order valence-corrected chi connectivity index (χ4v) is 4.95. The number of sulfonamides is 1. The van der Waals surface area contributed by atoms with Crippen LogP contribution < -0.4 is 10.6 Å². The van der Waals surface area contributed by atoms with Crippen LogP contribution in [0.15, 0.2) is 47.4 Å². The lowest BCUT2D eigenvalue weighted by Crippen LogP contribution is -2.36. The van der Waals surface area contributed by atoms with Crippen LogP contribution in [0.2, 0.25) is 0 Å². The van der Waals surface area contributed by atoms with Crippen molar-refractivity contribution < 1.29 is 35.6 Å². The molecule has 2 amide bonds. The lowest BCUT2D eigenvalue weighted by Gasteiger charge is -2.26. The summed E-state index contributed by atoms with van der Waals surface area (Å²) in [6, 6.07) is 8.21. The van der Waals surface area contributed by atoms with Gasteiger partial charge in [-0.15, -0.1) is 0 Å². The van der Waals surface area contributed by atoms with Crippen LogP contribution in [0.1, 0.15) is 40.0 Å². The monoisotopic (exact) mass is 487 g/mol. The number of piperidine rings is 1. The maximum Gasteiger partial charge on any atom is 0.405 e. The summed E-state index contributed by atoms with van der Waals surface area (Å²) in [4.78, 5) is 24.2. The highest BCUT2D eigenvalue weighted by atomic mass is 32.2. The molecule has 1 fully saturated rings. The van der Waals surface area contributed by atoms with Gasteiger partial charge in [-0.2, -0.15) is 17.5 Å². The van der Waals surface area contributed by atoms with Crippen LogP contribution in [0.5, 0.6) is 0 Å². The maximum atomic E-state index is 14.4. The Kier molecular flexibility index (Phi) is 7.38. The van der Waals surface area contributed by atoms with Crippen LogP contribution in [0.4, 0.5) is 23.2 Å². The predicted molar refractivity (Wildman–Crippen MR) is 112 cm³/mol. The van der Waals surface area contributed by atoms with E-state index >= 15 is 0 Å². The van der Waals surface area contributed by atoms with Gasteiger partial charge in [-0.05, 0) is 43.2 Å². The topological polar surface area (TPSA) is 95.6 Å². The van der Waals surface area contributed by atoms with Gasteiger partial charge < -0.3 is 10.6 Å². The zero-order valence-corrected chi connectivity index (χ0v) is 18.1. The number of nitrogens with zero attached hydrogens (tertiary/aromatic N) is 1. The van der Waals surface area contributed by atoms with Crippen molar-refractivity contribution in [2.75, 3.05) is 25.0 Å². The maximum absolute atomic E-state index is 14.4. The smallest absolute Gasteiger partial charge is 0.343 e. The van der Waals surface area contributed by atoms with E-state index in [0.717, 1.165) is 28.9 Å². The molecule has 178 valence electrons. The molecule has 2 aromatic carbocycles. The zero-order valence-electron chi connectivity index (χ0n) is 17.3. The fourth-order valence-electron chi connectivity index (χ4n) is 3.35. The van der Waals surface area contributed by atoms with Crippen molar-refractivity contribution in [3.8, 4) is 0 Å². The fraction of sp³-hybridized carbons (Fsp3) is 0.333. The van der Waals surface area contributed by atoms with Gasteiger partial charge in [0.25, 0.3) is 11.8 Å². The molecule has 7 nitrogen and oxygen atoms in total. The van der Waals surface area contributed by atoms with Crippen LogP contribution in [0.3, 0.4) is 0 Å². The van der Waals surface area contributed by atoms with E-state index in [0.29, 0.717) is 12.8 Å². The Bertz CT molecular complexity index is 1150. The second-order valence-corrected chi connectivity index (χ2v) is 9.31. The highest BCUT2D eigenvalue weighted by Gasteiger charge is 2.30. The minimum atomic E-state index is -4.61. The summed E-state index contributed by atoms with van der Waals surface area (Å²) >= 11 is 0. The van der Waals surface area contributed by atoms with Gasteiger partial charge in [0, 0.05) is 18.7 Å². The van der Waals surface area contributed by atoms with E-state index in [1.807, 2.05) is 0 Å². The average molecular weight is 487 g/mol. The van der Waals surface area contributed by atoms with E-state index in [9.17, 15) is 35.6 Å². The molecule has 1 saturated heterocycles. The lowest BCUT2D eigenvalue weighted by atomic mass is 10.1. The highest BCUT2D eigenvalue weighted by molar-refractivity contribution is 7.89. The molecule has 0 aliphatic carbocycles. The largest absolute Gasteiger partial charge is 0.405 e. The number of alkyl halides is 3. The van der Waals surface area contributed by atoms with Crippen molar-refractivity contribution >= 4 is 27.5 Å². The van der Waals surface area contributed by atoms with Crippen LogP contribution in [0.25, 0.3) is 0 Å². The van der Waals surface area contributed by atoms with Crippen molar-refractivity contribution in [2.24, 2.45) is 0 Å². The third-order valence-electron chi connectivity index (χ3n) is 5.00. The summed E-state index contributed by atoms with van der Waals surface area (Å²) in [5.41, 5.74) is -0.511. The van der Waals surface area contributed by atoms with Gasteiger partial charge in [0.1, 0.15) is 17.3 Å². The average Bonchev–Trinajstić information content (AvgIpc) is 2.78. The minimum Gasteiger partial charge on any atom is -0.343 e. The third kappa shape index (κ3) is 6.08. The van der Waals surface area contributed by atoms with E-state index in [4.69, 9.17) is 0 Å². The first-order chi connectivity index (χ1) is 15.5. The Labute approximate surface area is 187 Å². The van der Waals surface area contributed by atoms with E-state index in [1.165, 1.54) is 24.3 Å². The van der Waals surface area contributed by atoms with Crippen LogP contribution in [-0.4, -0.2) is 50.3 Å². The third-order valence-corrected chi connectivity index (χ3v) is 6.91. The van der Waals surface area contributed by atoms with Gasteiger partial charge in [0.15, 0.2) is 0 Å². The Hall–Kier alpha value is -2.99. The molecule has 0 aromatic heterocycles. The molecule has 2 aromatic rings. The van der Waals surface area contributed by atoms with Gasteiger partial charge in [-0.3, -0.25) is 9.59 Å². The quantitative estimate of drug-likeness (QED) is 0.610. The highest BCUT2D eigenvalue weighted by Crippen LogP contribution is 2.25.